The van der Waals surface area contributed by atoms with Crippen LogP contribution in [0.25, 0.3) is 0 Å². The molecule has 0 unspecified atom stereocenters. The highest BCUT2D eigenvalue weighted by Crippen LogP contribution is 2.37. The maximum Gasteiger partial charge on any atom is 0.138 e. The molecule has 1 fully saturated rings. The molecule has 0 amide bonds. The van der Waals surface area contributed by atoms with Gasteiger partial charge in [-0.25, -0.2) is 0 Å². The molecule has 1 heterocycles. The van der Waals surface area contributed by atoms with Gasteiger partial charge in [-0.3, -0.25) is 4.79 Å². The second kappa shape index (κ2) is 4.87. The largest absolute Gasteiger partial charge is 0.371 e. The standard InChI is InChI=1S/C14H26O2/c1-6-7-8-14(5)10-11(15)9-12(16-14)13(2,3)4/h12H,6-10H2,1-5H3/t12-,14+/m1/s1. The first-order valence-corrected chi connectivity index (χ1v) is 6.46. The number of ketones is 1. The zero-order valence-corrected chi connectivity index (χ0v) is 11.4. The van der Waals surface area contributed by atoms with E-state index >= 15 is 0 Å². The number of carbonyl (C=O) groups is 1. The fourth-order valence-electron chi connectivity index (χ4n) is 2.30. The lowest BCUT2D eigenvalue weighted by Crippen LogP contribution is -2.47. The van der Waals surface area contributed by atoms with E-state index in [9.17, 15) is 4.79 Å². The zero-order valence-electron chi connectivity index (χ0n) is 11.4. The van der Waals surface area contributed by atoms with Crippen molar-refractivity contribution in [1.82, 2.24) is 0 Å². The molecule has 0 aliphatic carbocycles. The second-order valence-corrected chi connectivity index (χ2v) is 6.45. The fraction of sp³-hybridized carbons (Fsp3) is 0.929. The third-order valence-electron chi connectivity index (χ3n) is 3.44. The van der Waals surface area contributed by atoms with Gasteiger partial charge in [0.15, 0.2) is 0 Å². The predicted molar refractivity (Wildman–Crippen MR) is 66.5 cm³/mol. The normalized spacial score (nSPS) is 31.8. The van der Waals surface area contributed by atoms with Crippen LogP contribution in [0.15, 0.2) is 0 Å². The van der Waals surface area contributed by atoms with Crippen molar-refractivity contribution in [3.8, 4) is 0 Å². The Labute approximate surface area is 99.8 Å². The molecule has 0 aromatic carbocycles. The molecule has 1 aliphatic rings. The second-order valence-electron chi connectivity index (χ2n) is 6.45. The van der Waals surface area contributed by atoms with Gasteiger partial charge in [0.1, 0.15) is 5.78 Å². The predicted octanol–water partition coefficient (Wildman–Crippen LogP) is 3.73. The smallest absolute Gasteiger partial charge is 0.138 e. The Balaban J connectivity index is 2.70. The summed E-state index contributed by atoms with van der Waals surface area (Å²) in [7, 11) is 0. The quantitative estimate of drug-likeness (QED) is 0.733. The number of rotatable bonds is 3. The number of ether oxygens (including phenoxy) is 1. The Bertz CT molecular complexity index is 252. The fourth-order valence-corrected chi connectivity index (χ4v) is 2.30. The molecule has 1 saturated heterocycles. The molecule has 94 valence electrons. The molecule has 2 heteroatoms. The van der Waals surface area contributed by atoms with E-state index in [4.69, 9.17) is 4.74 Å². The first kappa shape index (κ1) is 13.7. The Kier molecular flexibility index (Phi) is 4.17. The molecule has 0 radical (unpaired) electrons. The van der Waals surface area contributed by atoms with Crippen LogP contribution in [0, 0.1) is 5.41 Å². The van der Waals surface area contributed by atoms with Crippen LogP contribution in [0.5, 0.6) is 0 Å². The molecule has 0 bridgehead atoms. The van der Waals surface area contributed by atoms with Gasteiger partial charge in [-0.1, -0.05) is 40.5 Å². The van der Waals surface area contributed by atoms with Crippen molar-refractivity contribution in [1.29, 1.82) is 0 Å². The van der Waals surface area contributed by atoms with E-state index in [-0.39, 0.29) is 17.1 Å². The lowest BCUT2D eigenvalue weighted by molar-refractivity contribution is -0.170. The highest BCUT2D eigenvalue weighted by molar-refractivity contribution is 5.80. The van der Waals surface area contributed by atoms with Gasteiger partial charge >= 0.3 is 0 Å². The van der Waals surface area contributed by atoms with Crippen molar-refractivity contribution in [2.75, 3.05) is 0 Å². The van der Waals surface area contributed by atoms with E-state index in [1.807, 2.05) is 0 Å². The summed E-state index contributed by atoms with van der Waals surface area (Å²) in [6, 6.07) is 0. The lowest BCUT2D eigenvalue weighted by atomic mass is 9.79. The van der Waals surface area contributed by atoms with Crippen LogP contribution in [0.1, 0.15) is 66.7 Å². The van der Waals surface area contributed by atoms with Crippen LogP contribution in [-0.2, 0) is 9.53 Å². The SMILES string of the molecule is CCCC[C@@]1(C)CC(=O)C[C@H](C(C)(C)C)O1. The van der Waals surface area contributed by atoms with E-state index in [2.05, 4.69) is 34.6 Å². The maximum atomic E-state index is 11.8. The van der Waals surface area contributed by atoms with Gasteiger partial charge < -0.3 is 4.74 Å². The topological polar surface area (TPSA) is 26.3 Å². The Morgan fingerprint density at radius 3 is 2.56 bits per heavy atom. The van der Waals surface area contributed by atoms with Crippen molar-refractivity contribution < 1.29 is 9.53 Å². The van der Waals surface area contributed by atoms with Crippen LogP contribution in [0.2, 0.25) is 0 Å². The summed E-state index contributed by atoms with van der Waals surface area (Å²) in [5.41, 5.74) is -0.160. The Morgan fingerprint density at radius 2 is 2.06 bits per heavy atom. The molecule has 1 rings (SSSR count). The molecule has 2 atom stereocenters. The molecule has 1 aliphatic heterocycles. The van der Waals surface area contributed by atoms with Crippen LogP contribution in [0.3, 0.4) is 0 Å². The van der Waals surface area contributed by atoms with Gasteiger partial charge in [0.05, 0.1) is 11.7 Å². The molecule has 0 spiro atoms. The van der Waals surface area contributed by atoms with E-state index in [1.165, 1.54) is 0 Å². The Hall–Kier alpha value is -0.370. The highest BCUT2D eigenvalue weighted by atomic mass is 16.5. The molecule has 16 heavy (non-hydrogen) atoms. The van der Waals surface area contributed by atoms with Crippen LogP contribution in [0.4, 0.5) is 0 Å². The Morgan fingerprint density at radius 1 is 1.44 bits per heavy atom. The zero-order chi connectivity index (χ0) is 12.4. The summed E-state index contributed by atoms with van der Waals surface area (Å²) in [6.45, 7) is 10.7. The minimum Gasteiger partial charge on any atom is -0.371 e. The van der Waals surface area contributed by atoms with Crippen molar-refractivity contribution >= 4 is 5.78 Å². The molecular weight excluding hydrogens is 200 g/mol. The number of hydrogen-bond donors (Lipinski definition) is 0. The van der Waals surface area contributed by atoms with E-state index in [0.717, 1.165) is 19.3 Å². The summed E-state index contributed by atoms with van der Waals surface area (Å²) in [5.74, 6) is 0.366. The van der Waals surface area contributed by atoms with Crippen molar-refractivity contribution in [2.45, 2.75) is 78.4 Å². The molecule has 0 saturated carbocycles. The number of Topliss-reactive ketones (excluding diaryl/α,β-unsaturated/α-hetero) is 1. The summed E-state index contributed by atoms with van der Waals surface area (Å²) in [6.07, 6.45) is 4.57. The van der Waals surface area contributed by atoms with Gasteiger partial charge in [-0.05, 0) is 18.8 Å². The van der Waals surface area contributed by atoms with Gasteiger partial charge in [-0.2, -0.15) is 0 Å². The van der Waals surface area contributed by atoms with Crippen LogP contribution >= 0.6 is 0 Å². The molecule has 2 nitrogen and oxygen atoms in total. The van der Waals surface area contributed by atoms with Crippen molar-refractivity contribution in [2.24, 2.45) is 5.41 Å². The first-order chi connectivity index (χ1) is 7.27. The third kappa shape index (κ3) is 3.58. The average molecular weight is 226 g/mol. The van der Waals surface area contributed by atoms with Gasteiger partial charge in [0, 0.05) is 12.8 Å². The molecule has 0 aromatic heterocycles. The molecule has 0 aromatic rings. The minimum atomic E-state index is -0.219. The average Bonchev–Trinajstić information content (AvgIpc) is 2.12. The summed E-state index contributed by atoms with van der Waals surface area (Å²) in [5, 5.41) is 0. The van der Waals surface area contributed by atoms with Crippen molar-refractivity contribution in [3.05, 3.63) is 0 Å². The van der Waals surface area contributed by atoms with Gasteiger partial charge in [0.2, 0.25) is 0 Å². The highest BCUT2D eigenvalue weighted by Gasteiger charge is 2.41. The first-order valence-electron chi connectivity index (χ1n) is 6.46. The van der Waals surface area contributed by atoms with Gasteiger partial charge in [0.25, 0.3) is 0 Å². The van der Waals surface area contributed by atoms with Crippen LogP contribution < -0.4 is 0 Å². The van der Waals surface area contributed by atoms with E-state index in [0.29, 0.717) is 18.6 Å². The molecular formula is C14H26O2. The number of carbonyl (C=O) groups excluding carboxylic acids is 1. The number of hydrogen-bond acceptors (Lipinski definition) is 2. The van der Waals surface area contributed by atoms with Gasteiger partial charge in [-0.15, -0.1) is 0 Å². The van der Waals surface area contributed by atoms with Crippen LogP contribution in [-0.4, -0.2) is 17.5 Å². The van der Waals surface area contributed by atoms with Crippen molar-refractivity contribution in [3.63, 3.8) is 0 Å². The number of unbranched alkanes of at least 4 members (excludes halogenated alkanes) is 1. The molecule has 0 N–H and O–H groups in total. The maximum absolute atomic E-state index is 11.8. The third-order valence-corrected chi connectivity index (χ3v) is 3.44. The minimum absolute atomic E-state index is 0.0591. The summed E-state index contributed by atoms with van der Waals surface area (Å²) in [4.78, 5) is 11.8. The summed E-state index contributed by atoms with van der Waals surface area (Å²) >= 11 is 0. The van der Waals surface area contributed by atoms with E-state index < -0.39 is 0 Å². The lowest BCUT2D eigenvalue weighted by Gasteiger charge is -2.43. The summed E-state index contributed by atoms with van der Waals surface area (Å²) < 4.78 is 6.19. The van der Waals surface area contributed by atoms with E-state index in [1.54, 1.807) is 0 Å². The monoisotopic (exact) mass is 226 g/mol.